The zero-order chi connectivity index (χ0) is 9.42. The van der Waals surface area contributed by atoms with Crippen molar-refractivity contribution in [1.29, 1.82) is 0 Å². The number of aromatic nitrogens is 2. The van der Waals surface area contributed by atoms with Gasteiger partial charge >= 0.3 is 0 Å². The lowest BCUT2D eigenvalue weighted by Crippen LogP contribution is -1.98. The molecule has 1 heterocycles. The maximum absolute atomic E-state index is 5.74. The summed E-state index contributed by atoms with van der Waals surface area (Å²) in [5.74, 6) is 0.581. The van der Waals surface area contributed by atoms with Gasteiger partial charge in [-0.1, -0.05) is 6.08 Å². The van der Waals surface area contributed by atoms with Gasteiger partial charge in [-0.25, -0.2) is 4.98 Å². The van der Waals surface area contributed by atoms with Crippen molar-refractivity contribution in [3.8, 4) is 5.88 Å². The van der Waals surface area contributed by atoms with Gasteiger partial charge in [-0.15, -0.1) is 0 Å². The van der Waals surface area contributed by atoms with Crippen LogP contribution in [0.15, 0.2) is 6.08 Å². The van der Waals surface area contributed by atoms with Gasteiger partial charge in [0.2, 0.25) is 11.2 Å². The highest BCUT2D eigenvalue weighted by atomic mass is 127. The van der Waals surface area contributed by atoms with Crippen molar-refractivity contribution in [2.24, 2.45) is 0 Å². The molecular weight excluding hydrogens is 302 g/mol. The summed E-state index contributed by atoms with van der Waals surface area (Å²) in [4.78, 5) is 8.14. The van der Waals surface area contributed by atoms with Crippen LogP contribution in [0, 0.1) is 0 Å². The van der Waals surface area contributed by atoms with Crippen molar-refractivity contribution in [2.75, 3.05) is 7.11 Å². The second kappa shape index (κ2) is 3.42. The fourth-order valence-electron chi connectivity index (χ4n) is 1.28. The minimum atomic E-state index is 0.236. The molecule has 1 aromatic rings. The van der Waals surface area contributed by atoms with E-state index in [0.29, 0.717) is 5.88 Å². The molecular formula is C8H6ClIN2O. The quantitative estimate of drug-likeness (QED) is 0.590. The first kappa shape index (κ1) is 9.21. The van der Waals surface area contributed by atoms with Gasteiger partial charge in [0.1, 0.15) is 0 Å². The summed E-state index contributed by atoms with van der Waals surface area (Å²) in [6.07, 6.45) is 2.91. The highest BCUT2D eigenvalue weighted by molar-refractivity contribution is 14.1. The van der Waals surface area contributed by atoms with Crippen LogP contribution in [0.4, 0.5) is 0 Å². The molecule has 0 fully saturated rings. The summed E-state index contributed by atoms with van der Waals surface area (Å²) in [6.45, 7) is 0. The second-order valence-corrected chi connectivity index (χ2v) is 4.09. The normalized spacial score (nSPS) is 13.9. The number of ether oxygens (including phenoxy) is 1. The predicted molar refractivity (Wildman–Crippen MR) is 59.3 cm³/mol. The van der Waals surface area contributed by atoms with E-state index in [0.717, 1.165) is 21.3 Å². The molecule has 0 aromatic carbocycles. The number of methoxy groups -OCH3 is 1. The molecule has 0 unspecified atom stereocenters. The molecule has 0 spiro atoms. The number of rotatable bonds is 1. The first-order chi connectivity index (χ1) is 6.22. The van der Waals surface area contributed by atoms with Crippen molar-refractivity contribution < 1.29 is 4.74 Å². The summed E-state index contributed by atoms with van der Waals surface area (Å²) in [7, 11) is 1.59. The van der Waals surface area contributed by atoms with E-state index in [-0.39, 0.29) is 5.28 Å². The maximum atomic E-state index is 5.74. The molecule has 0 saturated heterocycles. The number of hydrogen-bond donors (Lipinski definition) is 0. The molecule has 5 heteroatoms. The molecule has 1 aliphatic carbocycles. The highest BCUT2D eigenvalue weighted by Gasteiger charge is 2.20. The zero-order valence-electron chi connectivity index (χ0n) is 6.84. The molecule has 1 aromatic heterocycles. The lowest BCUT2D eigenvalue weighted by molar-refractivity contribution is 0.392. The molecule has 1 aliphatic rings. The third kappa shape index (κ3) is 1.52. The predicted octanol–water partition coefficient (Wildman–Crippen LogP) is 2.47. The Labute approximate surface area is 94.3 Å². The topological polar surface area (TPSA) is 35.0 Å². The number of halogens is 2. The fourth-order valence-corrected chi connectivity index (χ4v) is 2.10. The van der Waals surface area contributed by atoms with Crippen LogP contribution in [0.2, 0.25) is 5.28 Å². The molecule has 0 atom stereocenters. The number of allylic oxidation sites excluding steroid dienone is 1. The van der Waals surface area contributed by atoms with Gasteiger partial charge in [-0.2, -0.15) is 4.98 Å². The minimum absolute atomic E-state index is 0.236. The van der Waals surface area contributed by atoms with E-state index < -0.39 is 0 Å². The Kier molecular flexibility index (Phi) is 2.42. The van der Waals surface area contributed by atoms with Crippen LogP contribution in [-0.4, -0.2) is 17.1 Å². The van der Waals surface area contributed by atoms with Crippen LogP contribution >= 0.6 is 34.2 Å². The number of hydrogen-bond acceptors (Lipinski definition) is 3. The smallest absolute Gasteiger partial charge is 0.226 e. The summed E-state index contributed by atoms with van der Waals surface area (Å²) in [5.41, 5.74) is 1.92. The van der Waals surface area contributed by atoms with Crippen molar-refractivity contribution in [3.05, 3.63) is 22.6 Å². The van der Waals surface area contributed by atoms with Crippen molar-refractivity contribution in [1.82, 2.24) is 9.97 Å². The third-order valence-corrected chi connectivity index (χ3v) is 2.97. The van der Waals surface area contributed by atoms with E-state index in [2.05, 4.69) is 38.6 Å². The second-order valence-electron chi connectivity index (χ2n) is 2.59. The summed E-state index contributed by atoms with van der Waals surface area (Å²) < 4.78 is 6.22. The van der Waals surface area contributed by atoms with Gasteiger partial charge in [-0.05, 0) is 40.6 Å². The molecule has 0 N–H and O–H groups in total. The molecule has 0 saturated carbocycles. The van der Waals surface area contributed by atoms with Gasteiger partial charge in [0, 0.05) is 9.14 Å². The molecule has 0 bridgehead atoms. The summed E-state index contributed by atoms with van der Waals surface area (Å²) in [6, 6.07) is 0. The van der Waals surface area contributed by atoms with E-state index >= 15 is 0 Å². The average Bonchev–Trinajstić information content (AvgIpc) is 2.47. The van der Waals surface area contributed by atoms with Crippen LogP contribution in [0.3, 0.4) is 0 Å². The molecule has 0 aliphatic heterocycles. The van der Waals surface area contributed by atoms with E-state index in [1.165, 1.54) is 0 Å². The van der Waals surface area contributed by atoms with Gasteiger partial charge < -0.3 is 4.74 Å². The van der Waals surface area contributed by atoms with Crippen molar-refractivity contribution in [2.45, 2.75) is 6.42 Å². The zero-order valence-corrected chi connectivity index (χ0v) is 9.76. The Morgan fingerprint density at radius 1 is 1.54 bits per heavy atom. The molecule has 3 nitrogen and oxygen atoms in total. The number of nitrogens with zero attached hydrogens (tertiary/aromatic N) is 2. The van der Waals surface area contributed by atoms with E-state index in [1.54, 1.807) is 7.11 Å². The molecule has 0 radical (unpaired) electrons. The van der Waals surface area contributed by atoms with E-state index in [9.17, 15) is 0 Å². The van der Waals surface area contributed by atoms with Crippen LogP contribution < -0.4 is 4.74 Å². The van der Waals surface area contributed by atoms with Crippen molar-refractivity contribution in [3.63, 3.8) is 0 Å². The summed E-state index contributed by atoms with van der Waals surface area (Å²) >= 11 is 7.97. The Balaban J connectivity index is 2.61. The van der Waals surface area contributed by atoms with Crippen LogP contribution in [-0.2, 0) is 6.42 Å². The SMILES string of the molecule is COc1nc(Cl)nc2c1CC=C2I. The number of fused-ring (bicyclic) bond motifs is 1. The van der Waals surface area contributed by atoms with Gasteiger partial charge in [0.15, 0.2) is 0 Å². The van der Waals surface area contributed by atoms with Crippen LogP contribution in [0.25, 0.3) is 3.58 Å². The van der Waals surface area contributed by atoms with Gasteiger partial charge in [-0.3, -0.25) is 0 Å². The Morgan fingerprint density at radius 2 is 2.31 bits per heavy atom. The standard InChI is InChI=1S/C8H6ClIN2O/c1-13-7-4-2-3-5(10)6(4)11-8(9)12-7/h3H,2H2,1H3. The minimum Gasteiger partial charge on any atom is -0.481 e. The highest BCUT2D eigenvalue weighted by Crippen LogP contribution is 2.35. The molecule has 13 heavy (non-hydrogen) atoms. The van der Waals surface area contributed by atoms with E-state index in [1.807, 2.05) is 0 Å². The maximum Gasteiger partial charge on any atom is 0.226 e. The Bertz CT molecular complexity index is 392. The Hall–Kier alpha value is -0.360. The largest absolute Gasteiger partial charge is 0.481 e. The first-order valence-corrected chi connectivity index (χ1v) is 5.14. The third-order valence-electron chi connectivity index (χ3n) is 1.85. The molecule has 68 valence electrons. The Morgan fingerprint density at radius 3 is 3.00 bits per heavy atom. The van der Waals surface area contributed by atoms with Gasteiger partial charge in [0.05, 0.1) is 12.8 Å². The van der Waals surface area contributed by atoms with Crippen LogP contribution in [0.1, 0.15) is 11.3 Å². The lowest BCUT2D eigenvalue weighted by Gasteiger charge is -2.05. The van der Waals surface area contributed by atoms with Crippen molar-refractivity contribution >= 4 is 37.8 Å². The molecule has 2 rings (SSSR count). The average molecular weight is 309 g/mol. The van der Waals surface area contributed by atoms with Crippen LogP contribution in [0.5, 0.6) is 5.88 Å². The van der Waals surface area contributed by atoms with E-state index in [4.69, 9.17) is 16.3 Å². The lowest BCUT2D eigenvalue weighted by atomic mass is 10.2. The fraction of sp³-hybridized carbons (Fsp3) is 0.250. The monoisotopic (exact) mass is 308 g/mol. The first-order valence-electron chi connectivity index (χ1n) is 3.69. The van der Waals surface area contributed by atoms with Gasteiger partial charge in [0.25, 0.3) is 0 Å². The summed E-state index contributed by atoms with van der Waals surface area (Å²) in [5, 5.41) is 0.236. The molecule has 0 amide bonds.